The first-order chi connectivity index (χ1) is 13.3. The number of nitrogens with zero attached hydrogens (tertiary/aromatic N) is 3. The SMILES string of the molecule is COc1ccc2ccccc2c1N(Cc1ccccn1)Cc1ccccn1. The van der Waals surface area contributed by atoms with E-state index < -0.39 is 0 Å². The van der Waals surface area contributed by atoms with E-state index in [0.29, 0.717) is 13.1 Å². The Morgan fingerprint density at radius 2 is 1.37 bits per heavy atom. The van der Waals surface area contributed by atoms with Gasteiger partial charge in [-0.1, -0.05) is 42.5 Å². The lowest BCUT2D eigenvalue weighted by Gasteiger charge is -2.27. The molecule has 2 aromatic heterocycles. The Hall–Kier alpha value is -3.40. The van der Waals surface area contributed by atoms with E-state index in [-0.39, 0.29) is 0 Å². The van der Waals surface area contributed by atoms with Gasteiger partial charge in [0.1, 0.15) is 5.75 Å². The second-order valence-corrected chi connectivity index (χ2v) is 6.34. The maximum Gasteiger partial charge on any atom is 0.142 e. The van der Waals surface area contributed by atoms with Gasteiger partial charge in [0.25, 0.3) is 0 Å². The third kappa shape index (κ3) is 3.75. The molecule has 2 aromatic carbocycles. The molecular weight excluding hydrogens is 334 g/mol. The van der Waals surface area contributed by atoms with Gasteiger partial charge in [0, 0.05) is 17.8 Å². The highest BCUT2D eigenvalue weighted by Gasteiger charge is 2.17. The Morgan fingerprint density at radius 3 is 1.96 bits per heavy atom. The molecule has 4 aromatic rings. The van der Waals surface area contributed by atoms with Crippen molar-refractivity contribution in [3.05, 3.63) is 96.6 Å². The summed E-state index contributed by atoms with van der Waals surface area (Å²) in [6.45, 7) is 1.34. The summed E-state index contributed by atoms with van der Waals surface area (Å²) in [6, 6.07) is 24.5. The van der Waals surface area contributed by atoms with Gasteiger partial charge in [-0.3, -0.25) is 9.97 Å². The molecule has 134 valence electrons. The van der Waals surface area contributed by atoms with Crippen LogP contribution in [0.4, 0.5) is 5.69 Å². The maximum absolute atomic E-state index is 5.73. The van der Waals surface area contributed by atoms with E-state index >= 15 is 0 Å². The molecule has 4 rings (SSSR count). The zero-order valence-corrected chi connectivity index (χ0v) is 15.2. The molecule has 0 atom stereocenters. The van der Waals surface area contributed by atoms with Crippen LogP contribution in [0.25, 0.3) is 10.8 Å². The highest BCUT2D eigenvalue weighted by molar-refractivity contribution is 5.97. The van der Waals surface area contributed by atoms with Crippen molar-refractivity contribution in [3.63, 3.8) is 0 Å². The van der Waals surface area contributed by atoms with Crippen LogP contribution in [0.2, 0.25) is 0 Å². The lowest BCUT2D eigenvalue weighted by Crippen LogP contribution is -2.24. The molecule has 27 heavy (non-hydrogen) atoms. The summed E-state index contributed by atoms with van der Waals surface area (Å²) < 4.78 is 5.73. The second-order valence-electron chi connectivity index (χ2n) is 6.34. The number of hydrogen-bond donors (Lipinski definition) is 0. The number of benzene rings is 2. The number of hydrogen-bond acceptors (Lipinski definition) is 4. The van der Waals surface area contributed by atoms with Gasteiger partial charge in [-0.25, -0.2) is 0 Å². The number of fused-ring (bicyclic) bond motifs is 1. The lowest BCUT2D eigenvalue weighted by atomic mass is 10.1. The van der Waals surface area contributed by atoms with E-state index in [1.807, 2.05) is 54.9 Å². The van der Waals surface area contributed by atoms with E-state index in [1.165, 1.54) is 5.39 Å². The molecule has 0 fully saturated rings. The van der Waals surface area contributed by atoms with Crippen molar-refractivity contribution in [2.75, 3.05) is 12.0 Å². The first kappa shape index (κ1) is 17.0. The lowest BCUT2D eigenvalue weighted by molar-refractivity contribution is 0.414. The normalized spacial score (nSPS) is 10.7. The summed E-state index contributed by atoms with van der Waals surface area (Å²) in [7, 11) is 1.72. The molecule has 0 unspecified atom stereocenters. The fourth-order valence-electron chi connectivity index (χ4n) is 3.31. The van der Waals surface area contributed by atoms with E-state index in [0.717, 1.165) is 28.2 Å². The van der Waals surface area contributed by atoms with Crippen molar-refractivity contribution < 1.29 is 4.74 Å². The Balaban J connectivity index is 1.83. The first-order valence-corrected chi connectivity index (χ1v) is 8.95. The van der Waals surface area contributed by atoms with Crippen LogP contribution in [0.5, 0.6) is 5.75 Å². The molecule has 0 spiro atoms. The molecule has 0 saturated carbocycles. The van der Waals surface area contributed by atoms with Gasteiger partial charge in [0.15, 0.2) is 0 Å². The van der Waals surface area contributed by atoms with Crippen LogP contribution in [0.1, 0.15) is 11.4 Å². The Bertz CT molecular complexity index is 978. The zero-order valence-electron chi connectivity index (χ0n) is 15.2. The van der Waals surface area contributed by atoms with Gasteiger partial charge >= 0.3 is 0 Å². The monoisotopic (exact) mass is 355 g/mol. The smallest absolute Gasteiger partial charge is 0.142 e. The molecule has 0 bridgehead atoms. The van der Waals surface area contributed by atoms with Crippen LogP contribution in [0, 0.1) is 0 Å². The third-order valence-corrected chi connectivity index (χ3v) is 4.56. The minimum atomic E-state index is 0.668. The predicted octanol–water partition coefficient (Wildman–Crippen LogP) is 4.85. The third-order valence-electron chi connectivity index (χ3n) is 4.56. The molecule has 0 aliphatic heterocycles. The van der Waals surface area contributed by atoms with Crippen LogP contribution in [-0.2, 0) is 13.1 Å². The Labute approximate surface area is 159 Å². The summed E-state index contributed by atoms with van der Waals surface area (Å²) in [5.41, 5.74) is 3.07. The topological polar surface area (TPSA) is 38.2 Å². The first-order valence-electron chi connectivity index (χ1n) is 8.95. The van der Waals surface area contributed by atoms with E-state index in [1.54, 1.807) is 7.11 Å². The summed E-state index contributed by atoms with van der Waals surface area (Å²) in [4.78, 5) is 11.3. The average Bonchev–Trinajstić information content (AvgIpc) is 2.74. The van der Waals surface area contributed by atoms with Crippen molar-refractivity contribution in [1.29, 1.82) is 0 Å². The molecule has 0 amide bonds. The largest absolute Gasteiger partial charge is 0.495 e. The number of pyridine rings is 2. The van der Waals surface area contributed by atoms with Crippen molar-refractivity contribution in [2.24, 2.45) is 0 Å². The maximum atomic E-state index is 5.73. The highest BCUT2D eigenvalue weighted by atomic mass is 16.5. The average molecular weight is 355 g/mol. The second kappa shape index (κ2) is 7.87. The van der Waals surface area contributed by atoms with E-state index in [4.69, 9.17) is 4.74 Å². The fourth-order valence-corrected chi connectivity index (χ4v) is 3.31. The van der Waals surface area contributed by atoms with Gasteiger partial charge in [-0.05, 0) is 35.7 Å². The van der Waals surface area contributed by atoms with Gasteiger partial charge in [-0.15, -0.1) is 0 Å². The predicted molar refractivity (Wildman–Crippen MR) is 109 cm³/mol. The molecule has 0 N–H and O–H groups in total. The van der Waals surface area contributed by atoms with Crippen molar-refractivity contribution in [3.8, 4) is 5.75 Å². The summed E-state index contributed by atoms with van der Waals surface area (Å²) in [6.07, 6.45) is 3.66. The molecule has 4 heteroatoms. The molecule has 4 nitrogen and oxygen atoms in total. The van der Waals surface area contributed by atoms with E-state index in [9.17, 15) is 0 Å². The Kier molecular flexibility index (Phi) is 4.97. The number of anilines is 1. The standard InChI is InChI=1S/C23H21N3O/c1-27-22-13-12-18-8-2-3-11-21(18)23(22)26(16-19-9-4-6-14-24-19)17-20-10-5-7-15-25-20/h2-15H,16-17H2,1H3. The van der Waals surface area contributed by atoms with Gasteiger partial charge in [-0.2, -0.15) is 0 Å². The molecule has 0 aliphatic carbocycles. The number of methoxy groups -OCH3 is 1. The van der Waals surface area contributed by atoms with Gasteiger partial charge < -0.3 is 9.64 Å². The number of aromatic nitrogens is 2. The van der Waals surface area contributed by atoms with Crippen molar-refractivity contribution >= 4 is 16.5 Å². The van der Waals surface area contributed by atoms with Gasteiger partial charge in [0.2, 0.25) is 0 Å². The molecule has 0 saturated heterocycles. The van der Waals surface area contributed by atoms with Crippen LogP contribution < -0.4 is 9.64 Å². The van der Waals surface area contributed by atoms with Crippen LogP contribution in [-0.4, -0.2) is 17.1 Å². The Morgan fingerprint density at radius 1 is 0.741 bits per heavy atom. The van der Waals surface area contributed by atoms with E-state index in [2.05, 4.69) is 45.2 Å². The molecular formula is C23H21N3O. The van der Waals surface area contributed by atoms with Crippen LogP contribution in [0.15, 0.2) is 85.2 Å². The summed E-state index contributed by atoms with van der Waals surface area (Å²) in [5, 5.41) is 2.34. The fraction of sp³-hybridized carbons (Fsp3) is 0.130. The minimum Gasteiger partial charge on any atom is -0.495 e. The van der Waals surface area contributed by atoms with Gasteiger partial charge in [0.05, 0.1) is 37.3 Å². The van der Waals surface area contributed by atoms with Crippen LogP contribution >= 0.6 is 0 Å². The van der Waals surface area contributed by atoms with Crippen LogP contribution in [0.3, 0.4) is 0 Å². The van der Waals surface area contributed by atoms with Crippen molar-refractivity contribution in [1.82, 2.24) is 9.97 Å². The summed E-state index contributed by atoms with van der Waals surface area (Å²) >= 11 is 0. The molecule has 0 aliphatic rings. The van der Waals surface area contributed by atoms with Crippen molar-refractivity contribution in [2.45, 2.75) is 13.1 Å². The number of rotatable bonds is 6. The number of ether oxygens (including phenoxy) is 1. The molecule has 2 heterocycles. The highest BCUT2D eigenvalue weighted by Crippen LogP contribution is 2.37. The molecule has 0 radical (unpaired) electrons. The minimum absolute atomic E-state index is 0.668. The summed E-state index contributed by atoms with van der Waals surface area (Å²) in [5.74, 6) is 0.848. The quantitative estimate of drug-likeness (QED) is 0.496. The zero-order chi connectivity index (χ0) is 18.5.